The number of amides is 3. The molecule has 0 aliphatic heterocycles. The molecule has 0 heterocycles. The number of benzene rings is 3. The highest BCUT2D eigenvalue weighted by Crippen LogP contribution is 2.34. The van der Waals surface area contributed by atoms with Crippen LogP contribution in [0.3, 0.4) is 0 Å². The normalized spacial score (nSPS) is 11.2. The van der Waals surface area contributed by atoms with Gasteiger partial charge < -0.3 is 31.2 Å². The highest BCUT2D eigenvalue weighted by atomic mass is 16.5. The summed E-state index contributed by atoms with van der Waals surface area (Å²) in [6.45, 7) is 3.16. The van der Waals surface area contributed by atoms with Gasteiger partial charge in [0.25, 0.3) is 0 Å². The summed E-state index contributed by atoms with van der Waals surface area (Å²) in [4.78, 5) is 37.3. The molecule has 0 saturated heterocycles. The Hall–Kier alpha value is -4.53. The summed E-state index contributed by atoms with van der Waals surface area (Å²) in [6, 6.07) is 16.5. The Morgan fingerprint density at radius 2 is 1.46 bits per heavy atom. The minimum Gasteiger partial charge on any atom is -0.493 e. The Labute approximate surface area is 203 Å². The van der Waals surface area contributed by atoms with E-state index in [2.05, 4.69) is 16.0 Å². The number of ether oxygens (including phenoxy) is 2. The number of ketones is 1. The van der Waals surface area contributed by atoms with E-state index >= 15 is 0 Å². The minimum atomic E-state index is -0.533. The molecule has 5 N–H and O–H groups in total. The van der Waals surface area contributed by atoms with Crippen molar-refractivity contribution in [1.82, 2.24) is 0 Å². The highest BCUT2D eigenvalue weighted by molar-refractivity contribution is 6.06. The summed E-state index contributed by atoms with van der Waals surface area (Å²) in [5.74, 6) is -0.273. The molecule has 3 amide bonds. The van der Waals surface area contributed by atoms with E-state index in [1.165, 1.54) is 27.2 Å². The summed E-state index contributed by atoms with van der Waals surface area (Å²) in [6.07, 6.45) is 0. The number of methoxy groups -OCH3 is 2. The van der Waals surface area contributed by atoms with E-state index in [4.69, 9.17) is 15.2 Å². The predicted molar refractivity (Wildman–Crippen MR) is 137 cm³/mol. The molecule has 0 saturated carbocycles. The minimum absolute atomic E-state index is 0.222. The first-order valence-electron chi connectivity index (χ1n) is 10.8. The van der Waals surface area contributed by atoms with E-state index in [0.29, 0.717) is 39.8 Å². The highest BCUT2D eigenvalue weighted by Gasteiger charge is 2.20. The Morgan fingerprint density at radius 1 is 0.829 bits per heavy atom. The fourth-order valence-electron chi connectivity index (χ4n) is 3.42. The van der Waals surface area contributed by atoms with Crippen molar-refractivity contribution in [3.63, 3.8) is 0 Å². The lowest BCUT2D eigenvalue weighted by atomic mass is 9.99. The number of carbonyl (C=O) groups excluding carboxylic acids is 3. The lowest BCUT2D eigenvalue weighted by Crippen LogP contribution is -2.21. The Bertz CT molecular complexity index is 1240. The van der Waals surface area contributed by atoms with Crippen LogP contribution in [-0.2, 0) is 4.79 Å². The zero-order chi connectivity index (χ0) is 25.5. The fourth-order valence-corrected chi connectivity index (χ4v) is 3.42. The van der Waals surface area contributed by atoms with Crippen molar-refractivity contribution >= 4 is 40.5 Å². The summed E-state index contributed by atoms with van der Waals surface area (Å²) < 4.78 is 10.5. The first kappa shape index (κ1) is 25.1. The number of hydrogen-bond acceptors (Lipinski definition) is 6. The lowest BCUT2D eigenvalue weighted by Gasteiger charge is -2.17. The molecule has 9 heteroatoms. The predicted octanol–water partition coefficient (Wildman–Crippen LogP) is 4.87. The van der Waals surface area contributed by atoms with Crippen molar-refractivity contribution in [2.75, 3.05) is 35.9 Å². The molecule has 0 aromatic heterocycles. The smallest absolute Gasteiger partial charge is 0.323 e. The van der Waals surface area contributed by atoms with Gasteiger partial charge in [-0.1, -0.05) is 24.3 Å². The number of urea groups is 1. The standard InChI is InChI=1S/C26H28N4O5/c1-15(25(32)29-22-14-24(35-4)23(34-3)13-19(22)16(2)31)17-9-11-18(12-10-17)28-26(33)30-21-8-6-5-7-20(21)27/h5-15H,27H2,1-4H3,(H,29,32)(H2,28,30,33). The summed E-state index contributed by atoms with van der Waals surface area (Å²) in [5, 5.41) is 8.22. The second-order valence-corrected chi connectivity index (χ2v) is 7.81. The van der Waals surface area contributed by atoms with E-state index in [1.54, 1.807) is 61.5 Å². The van der Waals surface area contributed by atoms with Crippen LogP contribution in [0, 0.1) is 0 Å². The Morgan fingerprint density at radius 3 is 2.06 bits per heavy atom. The van der Waals surface area contributed by atoms with Crippen LogP contribution in [0.15, 0.2) is 60.7 Å². The first-order chi connectivity index (χ1) is 16.7. The Kier molecular flexibility index (Phi) is 7.93. The van der Waals surface area contributed by atoms with Crippen LogP contribution >= 0.6 is 0 Å². The largest absolute Gasteiger partial charge is 0.493 e. The monoisotopic (exact) mass is 476 g/mol. The second kappa shape index (κ2) is 11.1. The van der Waals surface area contributed by atoms with Gasteiger partial charge in [-0.2, -0.15) is 0 Å². The van der Waals surface area contributed by atoms with Crippen LogP contribution in [0.25, 0.3) is 0 Å². The third kappa shape index (κ3) is 6.08. The maximum absolute atomic E-state index is 13.0. The quantitative estimate of drug-likeness (QED) is 0.271. The number of carbonyl (C=O) groups is 3. The van der Waals surface area contributed by atoms with Crippen LogP contribution in [0.4, 0.5) is 27.5 Å². The van der Waals surface area contributed by atoms with Gasteiger partial charge in [0.15, 0.2) is 17.3 Å². The van der Waals surface area contributed by atoms with Crippen molar-refractivity contribution < 1.29 is 23.9 Å². The molecular weight excluding hydrogens is 448 g/mol. The van der Waals surface area contributed by atoms with Crippen molar-refractivity contribution in [1.29, 1.82) is 0 Å². The van der Waals surface area contributed by atoms with Crippen LogP contribution in [0.5, 0.6) is 11.5 Å². The maximum Gasteiger partial charge on any atom is 0.323 e. The number of para-hydroxylation sites is 2. The summed E-state index contributed by atoms with van der Waals surface area (Å²) in [5.41, 5.74) is 8.73. The van der Waals surface area contributed by atoms with E-state index in [-0.39, 0.29) is 11.7 Å². The molecule has 3 aromatic carbocycles. The third-order valence-corrected chi connectivity index (χ3v) is 5.43. The van der Waals surface area contributed by atoms with Crippen LogP contribution < -0.4 is 31.2 Å². The van der Waals surface area contributed by atoms with Crippen LogP contribution in [0.1, 0.15) is 35.7 Å². The molecule has 3 aromatic rings. The molecule has 3 rings (SSSR count). The van der Waals surface area contributed by atoms with Gasteiger partial charge in [-0.3, -0.25) is 9.59 Å². The van der Waals surface area contributed by atoms with Gasteiger partial charge in [0.05, 0.1) is 37.2 Å². The van der Waals surface area contributed by atoms with Crippen molar-refractivity contribution in [3.8, 4) is 11.5 Å². The zero-order valence-electron chi connectivity index (χ0n) is 20.0. The number of nitrogens with two attached hydrogens (primary N) is 1. The molecule has 0 radical (unpaired) electrons. The molecule has 0 bridgehead atoms. The van der Waals surface area contributed by atoms with Gasteiger partial charge in [-0.15, -0.1) is 0 Å². The molecule has 9 nitrogen and oxygen atoms in total. The second-order valence-electron chi connectivity index (χ2n) is 7.81. The molecule has 0 fully saturated rings. The first-order valence-corrected chi connectivity index (χ1v) is 10.8. The van der Waals surface area contributed by atoms with E-state index in [9.17, 15) is 14.4 Å². The topological polar surface area (TPSA) is 132 Å². The summed E-state index contributed by atoms with van der Waals surface area (Å²) in [7, 11) is 2.95. The number of anilines is 4. The van der Waals surface area contributed by atoms with E-state index < -0.39 is 11.9 Å². The average Bonchev–Trinajstić information content (AvgIpc) is 2.84. The van der Waals surface area contributed by atoms with Gasteiger partial charge in [0, 0.05) is 17.3 Å². The zero-order valence-corrected chi connectivity index (χ0v) is 20.0. The number of nitrogen functional groups attached to an aromatic ring is 1. The van der Waals surface area contributed by atoms with Gasteiger partial charge in [-0.05, 0) is 49.7 Å². The molecule has 1 atom stereocenters. The summed E-state index contributed by atoms with van der Waals surface area (Å²) >= 11 is 0. The fraction of sp³-hybridized carbons (Fsp3) is 0.192. The third-order valence-electron chi connectivity index (χ3n) is 5.43. The van der Waals surface area contributed by atoms with Crippen molar-refractivity contribution in [3.05, 3.63) is 71.8 Å². The van der Waals surface area contributed by atoms with Crippen molar-refractivity contribution in [2.24, 2.45) is 0 Å². The van der Waals surface area contributed by atoms with Crippen LogP contribution in [-0.4, -0.2) is 31.9 Å². The van der Waals surface area contributed by atoms with Gasteiger partial charge in [0.1, 0.15) is 0 Å². The SMILES string of the molecule is COc1cc(NC(=O)C(C)c2ccc(NC(=O)Nc3ccccc3N)cc2)c(C(C)=O)cc1OC. The molecule has 0 aliphatic carbocycles. The number of nitrogens with one attached hydrogen (secondary N) is 3. The number of hydrogen-bond donors (Lipinski definition) is 4. The number of rotatable bonds is 8. The van der Waals surface area contributed by atoms with Gasteiger partial charge >= 0.3 is 6.03 Å². The molecule has 1 unspecified atom stereocenters. The van der Waals surface area contributed by atoms with Crippen molar-refractivity contribution in [2.45, 2.75) is 19.8 Å². The van der Waals surface area contributed by atoms with E-state index in [1.807, 2.05) is 0 Å². The van der Waals surface area contributed by atoms with E-state index in [0.717, 1.165) is 5.56 Å². The average molecular weight is 477 g/mol. The molecule has 182 valence electrons. The molecule has 35 heavy (non-hydrogen) atoms. The van der Waals surface area contributed by atoms with Crippen LogP contribution in [0.2, 0.25) is 0 Å². The molecule has 0 spiro atoms. The molecular formula is C26H28N4O5. The van der Waals surface area contributed by atoms with Gasteiger partial charge in [0.2, 0.25) is 5.91 Å². The maximum atomic E-state index is 13.0. The molecule has 0 aliphatic rings. The lowest BCUT2D eigenvalue weighted by molar-refractivity contribution is -0.117. The van der Waals surface area contributed by atoms with Gasteiger partial charge in [-0.25, -0.2) is 4.79 Å². The number of Topliss-reactive ketones (excluding diaryl/α,β-unsaturated/α-hetero) is 1. The Balaban J connectivity index is 1.69.